The fourth-order valence-corrected chi connectivity index (χ4v) is 2.53. The van der Waals surface area contributed by atoms with E-state index in [1.807, 2.05) is 6.07 Å². The third kappa shape index (κ3) is 4.06. The van der Waals surface area contributed by atoms with E-state index in [0.717, 1.165) is 56.3 Å². The first-order valence-electron chi connectivity index (χ1n) is 8.09. The highest BCUT2D eigenvalue weighted by Crippen LogP contribution is 2.29. The first-order chi connectivity index (χ1) is 10.1. The summed E-state index contributed by atoms with van der Waals surface area (Å²) in [6.45, 7) is 10.4. The highest BCUT2D eigenvalue weighted by molar-refractivity contribution is 5.49. The van der Waals surface area contributed by atoms with Gasteiger partial charge in [0.2, 0.25) is 0 Å². The van der Waals surface area contributed by atoms with Gasteiger partial charge in [-0.1, -0.05) is 13.8 Å². The van der Waals surface area contributed by atoms with Gasteiger partial charge >= 0.3 is 0 Å². The van der Waals surface area contributed by atoms with Crippen LogP contribution < -0.4 is 10.6 Å². The van der Waals surface area contributed by atoms with E-state index >= 15 is 0 Å². The van der Waals surface area contributed by atoms with Crippen LogP contribution in [0, 0.1) is 0 Å². The molecular weight excluding hydrogens is 264 g/mol. The number of aromatic nitrogens is 2. The van der Waals surface area contributed by atoms with Crippen molar-refractivity contribution in [3.63, 3.8) is 0 Å². The maximum absolute atomic E-state index is 5.69. The number of hydrogen-bond donors (Lipinski definition) is 2. The molecule has 1 aromatic heterocycles. The maximum atomic E-state index is 5.69. The molecule has 1 aliphatic heterocycles. The lowest BCUT2D eigenvalue weighted by molar-refractivity contribution is 0.105. The van der Waals surface area contributed by atoms with Gasteiger partial charge in [-0.3, -0.25) is 0 Å². The zero-order valence-electron chi connectivity index (χ0n) is 13.7. The van der Waals surface area contributed by atoms with Crippen molar-refractivity contribution in [1.29, 1.82) is 0 Å². The lowest BCUT2D eigenvalue weighted by Gasteiger charge is -2.29. The average Bonchev–Trinajstić information content (AvgIpc) is 2.76. The lowest BCUT2D eigenvalue weighted by Crippen LogP contribution is -2.41. The van der Waals surface area contributed by atoms with Gasteiger partial charge in [0.25, 0.3) is 0 Å². The fraction of sp³-hybridized carbons (Fsp3) is 0.750. The molecule has 0 amide bonds. The number of nitrogens with zero attached hydrogens (tertiary/aromatic N) is 2. The summed E-state index contributed by atoms with van der Waals surface area (Å²) >= 11 is 0. The van der Waals surface area contributed by atoms with Gasteiger partial charge in [-0.05, 0) is 33.1 Å². The third-order valence-corrected chi connectivity index (χ3v) is 4.10. The van der Waals surface area contributed by atoms with Crippen LogP contribution in [-0.2, 0) is 11.2 Å². The molecular formula is C16H28N4O. The highest BCUT2D eigenvalue weighted by Gasteiger charge is 2.37. The summed E-state index contributed by atoms with van der Waals surface area (Å²) in [5.74, 6) is 2.70. The molecule has 1 saturated heterocycles. The largest absolute Gasteiger partial charge is 0.376 e. The van der Waals surface area contributed by atoms with Gasteiger partial charge in [0.15, 0.2) is 0 Å². The normalized spacial score (nSPS) is 25.0. The van der Waals surface area contributed by atoms with Gasteiger partial charge in [0.1, 0.15) is 17.5 Å². The van der Waals surface area contributed by atoms with Crippen LogP contribution in [0.2, 0.25) is 0 Å². The number of nitrogens with one attached hydrogen (secondary N) is 2. The Morgan fingerprint density at radius 1 is 1.29 bits per heavy atom. The van der Waals surface area contributed by atoms with Crippen LogP contribution in [0.25, 0.3) is 0 Å². The monoisotopic (exact) mass is 292 g/mol. The van der Waals surface area contributed by atoms with Crippen LogP contribution in [0.4, 0.5) is 11.6 Å². The van der Waals surface area contributed by atoms with E-state index in [-0.39, 0.29) is 11.6 Å². The summed E-state index contributed by atoms with van der Waals surface area (Å²) < 4.78 is 5.69. The molecule has 0 radical (unpaired) electrons. The topological polar surface area (TPSA) is 59.1 Å². The van der Waals surface area contributed by atoms with Crippen LogP contribution in [-0.4, -0.2) is 34.8 Å². The summed E-state index contributed by atoms with van der Waals surface area (Å²) in [7, 11) is 0. The van der Waals surface area contributed by atoms with Gasteiger partial charge < -0.3 is 15.4 Å². The molecule has 1 aliphatic rings. The SMILES string of the molecule is CCCNc1cc(NC2(C)CCOC2C)nc(CCC)n1. The summed E-state index contributed by atoms with van der Waals surface area (Å²) in [4.78, 5) is 9.24. The van der Waals surface area contributed by atoms with Crippen molar-refractivity contribution in [2.75, 3.05) is 23.8 Å². The van der Waals surface area contributed by atoms with Crippen molar-refractivity contribution in [2.45, 2.75) is 65.0 Å². The molecule has 0 aliphatic carbocycles. The van der Waals surface area contributed by atoms with Crippen LogP contribution >= 0.6 is 0 Å². The first kappa shape index (κ1) is 16.0. The van der Waals surface area contributed by atoms with Crippen molar-refractivity contribution in [3.05, 3.63) is 11.9 Å². The molecule has 0 spiro atoms. The van der Waals surface area contributed by atoms with Gasteiger partial charge in [0.05, 0.1) is 11.6 Å². The van der Waals surface area contributed by atoms with Crippen LogP contribution in [0.5, 0.6) is 0 Å². The zero-order chi connectivity index (χ0) is 15.3. The second-order valence-corrected chi connectivity index (χ2v) is 6.04. The molecule has 118 valence electrons. The molecule has 0 aromatic carbocycles. The zero-order valence-corrected chi connectivity index (χ0v) is 13.7. The first-order valence-corrected chi connectivity index (χ1v) is 8.09. The molecule has 0 bridgehead atoms. The maximum Gasteiger partial charge on any atom is 0.133 e. The average molecular weight is 292 g/mol. The standard InChI is InChI=1S/C16H28N4O/c1-5-7-13-18-14(17-9-6-2)11-15(19-13)20-16(4)8-10-21-12(16)3/h11-12H,5-10H2,1-4H3,(H2,17,18,19,20). The summed E-state index contributed by atoms with van der Waals surface area (Å²) in [5.41, 5.74) is -0.0557. The highest BCUT2D eigenvalue weighted by atomic mass is 16.5. The molecule has 2 heterocycles. The Labute approximate surface area is 127 Å². The van der Waals surface area contributed by atoms with Gasteiger partial charge in [-0.2, -0.15) is 0 Å². The van der Waals surface area contributed by atoms with E-state index in [4.69, 9.17) is 4.74 Å². The van der Waals surface area contributed by atoms with Crippen molar-refractivity contribution in [1.82, 2.24) is 9.97 Å². The Morgan fingerprint density at radius 2 is 2.05 bits per heavy atom. The van der Waals surface area contributed by atoms with Crippen LogP contribution in [0.1, 0.15) is 52.8 Å². The minimum atomic E-state index is -0.0557. The van der Waals surface area contributed by atoms with E-state index in [9.17, 15) is 0 Å². The quantitative estimate of drug-likeness (QED) is 0.808. The summed E-state index contributed by atoms with van der Waals surface area (Å²) in [5, 5.41) is 6.93. The Kier molecular flexibility index (Phi) is 5.39. The molecule has 0 saturated carbocycles. The molecule has 21 heavy (non-hydrogen) atoms. The molecule has 2 N–H and O–H groups in total. The van der Waals surface area contributed by atoms with E-state index < -0.39 is 0 Å². The van der Waals surface area contributed by atoms with E-state index in [0.29, 0.717) is 0 Å². The minimum Gasteiger partial charge on any atom is -0.376 e. The minimum absolute atomic E-state index is 0.0557. The van der Waals surface area contributed by atoms with E-state index in [1.54, 1.807) is 0 Å². The Balaban J connectivity index is 2.18. The number of aryl methyl sites for hydroxylation is 1. The number of ether oxygens (including phenoxy) is 1. The van der Waals surface area contributed by atoms with E-state index in [2.05, 4.69) is 48.3 Å². The molecule has 5 heteroatoms. The van der Waals surface area contributed by atoms with Crippen LogP contribution in [0.15, 0.2) is 6.07 Å². The Bertz CT molecular complexity index is 466. The predicted octanol–water partition coefficient (Wildman–Crippen LogP) is 3.23. The lowest BCUT2D eigenvalue weighted by atomic mass is 9.95. The molecule has 2 atom stereocenters. The number of rotatable bonds is 7. The molecule has 1 fully saturated rings. The number of hydrogen-bond acceptors (Lipinski definition) is 5. The van der Waals surface area contributed by atoms with E-state index in [1.165, 1.54) is 0 Å². The fourth-order valence-electron chi connectivity index (χ4n) is 2.53. The van der Waals surface area contributed by atoms with Crippen molar-refractivity contribution >= 4 is 11.6 Å². The number of anilines is 2. The second-order valence-electron chi connectivity index (χ2n) is 6.04. The molecule has 1 aromatic rings. The van der Waals surface area contributed by atoms with Crippen LogP contribution in [0.3, 0.4) is 0 Å². The van der Waals surface area contributed by atoms with Gasteiger partial charge in [-0.25, -0.2) is 9.97 Å². The Morgan fingerprint density at radius 3 is 2.67 bits per heavy atom. The molecule has 2 rings (SSSR count). The smallest absolute Gasteiger partial charge is 0.133 e. The van der Waals surface area contributed by atoms with Gasteiger partial charge in [-0.15, -0.1) is 0 Å². The summed E-state index contributed by atoms with van der Waals surface area (Å²) in [6, 6.07) is 2.01. The molecule has 2 unspecified atom stereocenters. The second kappa shape index (κ2) is 7.07. The summed E-state index contributed by atoms with van der Waals surface area (Å²) in [6.07, 6.45) is 4.22. The van der Waals surface area contributed by atoms with Crippen molar-refractivity contribution < 1.29 is 4.74 Å². The van der Waals surface area contributed by atoms with Crippen molar-refractivity contribution in [2.24, 2.45) is 0 Å². The predicted molar refractivity (Wildman–Crippen MR) is 86.9 cm³/mol. The molecule has 5 nitrogen and oxygen atoms in total. The van der Waals surface area contributed by atoms with Gasteiger partial charge in [0, 0.05) is 25.6 Å². The third-order valence-electron chi connectivity index (χ3n) is 4.10. The Hall–Kier alpha value is -1.36. The van der Waals surface area contributed by atoms with Crippen molar-refractivity contribution in [3.8, 4) is 0 Å².